The number of cyclic esters (lactones) is 1. The normalized spacial score (nSPS) is 55.4. The molecule has 1 heterocycles. The van der Waals surface area contributed by atoms with Gasteiger partial charge in [-0.15, -0.1) is 0 Å². The van der Waals surface area contributed by atoms with E-state index in [-0.39, 0.29) is 39.5 Å². The molecule has 0 spiro atoms. The maximum absolute atomic E-state index is 12.8. The van der Waals surface area contributed by atoms with Crippen LogP contribution in [0.5, 0.6) is 0 Å². The number of ketones is 1. The molecule has 4 heteroatoms. The summed E-state index contributed by atoms with van der Waals surface area (Å²) in [5.41, 5.74) is -0.668. The highest BCUT2D eigenvalue weighted by molar-refractivity contribution is 5.86. The van der Waals surface area contributed by atoms with Gasteiger partial charge in [0.15, 0.2) is 0 Å². The summed E-state index contributed by atoms with van der Waals surface area (Å²) >= 11 is 0. The van der Waals surface area contributed by atoms with Gasteiger partial charge >= 0.3 is 5.97 Å². The lowest BCUT2D eigenvalue weighted by Crippen LogP contribution is -2.66. The second-order valence-corrected chi connectivity index (χ2v) is 13.0. The van der Waals surface area contributed by atoms with E-state index < -0.39 is 11.7 Å². The van der Waals surface area contributed by atoms with Crippen molar-refractivity contribution in [3.8, 4) is 0 Å². The second kappa shape index (κ2) is 6.24. The summed E-state index contributed by atoms with van der Waals surface area (Å²) in [6.45, 7) is 13.7. The quantitative estimate of drug-likeness (QED) is 0.591. The Kier molecular flexibility index (Phi) is 4.36. The van der Waals surface area contributed by atoms with Crippen molar-refractivity contribution in [2.45, 2.75) is 98.2 Å². The van der Waals surface area contributed by atoms with Crippen LogP contribution < -0.4 is 0 Å². The van der Waals surface area contributed by atoms with Crippen molar-refractivity contribution in [3.63, 3.8) is 0 Å². The third-order valence-corrected chi connectivity index (χ3v) is 11.7. The summed E-state index contributed by atoms with van der Waals surface area (Å²) in [6.07, 6.45) is 9.79. The molecule has 1 aliphatic heterocycles. The lowest BCUT2D eigenvalue weighted by molar-refractivity contribution is -0.231. The zero-order valence-electron chi connectivity index (χ0n) is 20.2. The fraction of sp³-hybridized carbons (Fsp3) is 0.852. The molecule has 9 atom stereocenters. The van der Waals surface area contributed by atoms with Crippen LogP contribution in [0.3, 0.4) is 0 Å². The molecule has 4 aliphatic carbocycles. The minimum atomic E-state index is -0.607. The predicted octanol–water partition coefficient (Wildman–Crippen LogP) is 5.08. The number of esters is 1. The number of aliphatic hydroxyl groups excluding tert-OH is 1. The first-order chi connectivity index (χ1) is 14.3. The summed E-state index contributed by atoms with van der Waals surface area (Å²) in [7, 11) is 0. The molecule has 4 nitrogen and oxygen atoms in total. The van der Waals surface area contributed by atoms with E-state index in [1.54, 1.807) is 6.08 Å². The number of carbonyl (C=O) groups is 2. The van der Waals surface area contributed by atoms with Crippen LogP contribution in [0.1, 0.15) is 86.5 Å². The van der Waals surface area contributed by atoms with Crippen molar-refractivity contribution < 1.29 is 19.4 Å². The molecule has 0 bridgehead atoms. The molecule has 1 N–H and O–H groups in total. The van der Waals surface area contributed by atoms with E-state index in [0.29, 0.717) is 24.0 Å². The number of hydrogen-bond donors (Lipinski definition) is 1. The minimum absolute atomic E-state index is 0.00538. The van der Waals surface area contributed by atoms with Crippen LogP contribution in [0.25, 0.3) is 0 Å². The first kappa shape index (κ1) is 21.7. The van der Waals surface area contributed by atoms with E-state index in [1.165, 1.54) is 0 Å². The maximum atomic E-state index is 12.8. The fourth-order valence-electron chi connectivity index (χ4n) is 9.92. The Morgan fingerprint density at radius 1 is 0.935 bits per heavy atom. The lowest BCUT2D eigenvalue weighted by Gasteiger charge is -2.69. The molecule has 0 saturated heterocycles. The summed E-state index contributed by atoms with van der Waals surface area (Å²) < 4.78 is 5.79. The predicted molar refractivity (Wildman–Crippen MR) is 119 cm³/mol. The molecule has 5 rings (SSSR count). The van der Waals surface area contributed by atoms with Crippen LogP contribution in [0.4, 0.5) is 0 Å². The Bertz CT molecular complexity index is 859. The standard InChI is InChI=1S/C27H40O4/c1-23(2)18-8-13-25(4)19(24(18,3)11-9-20(23)29)15-17(28)22-16(7-12-26(22,25)5)27(6)14-10-21(30)31-27/h10,14,16-19,22,28H,7-9,11-13,15H2,1-6H3. The Hall–Kier alpha value is -1.16. The average molecular weight is 429 g/mol. The molecule has 0 aromatic rings. The number of ether oxygens (including phenoxy) is 1. The van der Waals surface area contributed by atoms with Crippen LogP contribution in [-0.2, 0) is 14.3 Å². The smallest absolute Gasteiger partial charge is 0.331 e. The van der Waals surface area contributed by atoms with E-state index in [4.69, 9.17) is 4.74 Å². The molecule has 0 aromatic carbocycles. The molecule has 0 amide bonds. The molecule has 4 fully saturated rings. The highest BCUT2D eigenvalue weighted by Crippen LogP contribution is 2.75. The summed E-state index contributed by atoms with van der Waals surface area (Å²) in [5.74, 6) is 1.25. The van der Waals surface area contributed by atoms with E-state index in [9.17, 15) is 14.7 Å². The van der Waals surface area contributed by atoms with E-state index in [2.05, 4.69) is 34.6 Å². The molecular formula is C27H40O4. The van der Waals surface area contributed by atoms with Crippen LogP contribution >= 0.6 is 0 Å². The Morgan fingerprint density at radius 3 is 2.26 bits per heavy atom. The van der Waals surface area contributed by atoms with Gasteiger partial charge in [0.2, 0.25) is 0 Å². The first-order valence-electron chi connectivity index (χ1n) is 12.4. The highest BCUT2D eigenvalue weighted by Gasteiger charge is 2.71. The molecule has 9 unspecified atom stereocenters. The van der Waals surface area contributed by atoms with E-state index in [1.807, 2.05) is 13.0 Å². The van der Waals surface area contributed by atoms with Crippen molar-refractivity contribution >= 4 is 11.8 Å². The lowest BCUT2D eigenvalue weighted by atomic mass is 9.35. The third kappa shape index (κ3) is 2.52. The van der Waals surface area contributed by atoms with Gasteiger partial charge < -0.3 is 9.84 Å². The number of carbonyl (C=O) groups excluding carboxylic acids is 2. The monoisotopic (exact) mass is 428 g/mol. The van der Waals surface area contributed by atoms with Crippen LogP contribution in [-0.4, -0.2) is 28.6 Å². The molecule has 172 valence electrons. The maximum Gasteiger partial charge on any atom is 0.331 e. The van der Waals surface area contributed by atoms with E-state index in [0.717, 1.165) is 38.5 Å². The van der Waals surface area contributed by atoms with Gasteiger partial charge in [0, 0.05) is 23.8 Å². The summed E-state index contributed by atoms with van der Waals surface area (Å²) in [4.78, 5) is 24.7. The molecule has 0 aromatic heterocycles. The number of hydrogen-bond acceptors (Lipinski definition) is 4. The second-order valence-electron chi connectivity index (χ2n) is 13.0. The fourth-order valence-corrected chi connectivity index (χ4v) is 9.92. The van der Waals surface area contributed by atoms with Crippen molar-refractivity contribution in [2.24, 2.45) is 45.3 Å². The van der Waals surface area contributed by atoms with E-state index >= 15 is 0 Å². The molecule has 31 heavy (non-hydrogen) atoms. The number of aliphatic hydroxyl groups is 1. The van der Waals surface area contributed by atoms with Gasteiger partial charge in [-0.2, -0.15) is 0 Å². The molecular weight excluding hydrogens is 388 g/mol. The van der Waals surface area contributed by atoms with Crippen LogP contribution in [0.2, 0.25) is 0 Å². The molecule has 0 radical (unpaired) electrons. The van der Waals surface area contributed by atoms with Gasteiger partial charge in [0.05, 0.1) is 6.10 Å². The largest absolute Gasteiger partial charge is 0.452 e. The Morgan fingerprint density at radius 2 is 1.61 bits per heavy atom. The Labute approximate surface area is 187 Å². The third-order valence-electron chi connectivity index (χ3n) is 11.7. The molecule has 4 saturated carbocycles. The number of Topliss-reactive ketones (excluding diaryl/α,β-unsaturated/α-hetero) is 1. The number of fused-ring (bicyclic) bond motifs is 5. The van der Waals surface area contributed by atoms with Crippen LogP contribution in [0, 0.1) is 45.3 Å². The summed E-state index contributed by atoms with van der Waals surface area (Å²) in [5, 5.41) is 11.7. The van der Waals surface area contributed by atoms with Crippen LogP contribution in [0.15, 0.2) is 12.2 Å². The van der Waals surface area contributed by atoms with Gasteiger partial charge in [-0.3, -0.25) is 4.79 Å². The van der Waals surface area contributed by atoms with Crippen molar-refractivity contribution in [1.29, 1.82) is 0 Å². The van der Waals surface area contributed by atoms with Crippen molar-refractivity contribution in [2.75, 3.05) is 0 Å². The van der Waals surface area contributed by atoms with Gasteiger partial charge in [-0.1, -0.05) is 34.6 Å². The molecule has 5 aliphatic rings. The van der Waals surface area contributed by atoms with Crippen molar-refractivity contribution in [1.82, 2.24) is 0 Å². The zero-order chi connectivity index (χ0) is 22.6. The van der Waals surface area contributed by atoms with Gasteiger partial charge in [0.25, 0.3) is 0 Å². The Balaban J connectivity index is 1.54. The topological polar surface area (TPSA) is 63.6 Å². The summed E-state index contributed by atoms with van der Waals surface area (Å²) in [6, 6.07) is 0. The first-order valence-corrected chi connectivity index (χ1v) is 12.4. The zero-order valence-corrected chi connectivity index (χ0v) is 20.2. The number of rotatable bonds is 1. The highest BCUT2D eigenvalue weighted by atomic mass is 16.6. The van der Waals surface area contributed by atoms with Gasteiger partial charge in [-0.05, 0) is 85.5 Å². The average Bonchev–Trinajstić information content (AvgIpc) is 3.23. The minimum Gasteiger partial charge on any atom is -0.452 e. The van der Waals surface area contributed by atoms with Crippen molar-refractivity contribution in [3.05, 3.63) is 12.2 Å². The van der Waals surface area contributed by atoms with Gasteiger partial charge in [0.1, 0.15) is 11.4 Å². The SMILES string of the molecule is CC1(C2CCC3(C)C2C(O)CC2C4(C)CCC(=O)C(C)(C)C4CCC23C)C=CC(=O)O1. The van der Waals surface area contributed by atoms with Gasteiger partial charge in [-0.25, -0.2) is 4.79 Å².